The molecule has 0 radical (unpaired) electrons. The summed E-state index contributed by atoms with van der Waals surface area (Å²) in [4.78, 5) is 22.7. The maximum absolute atomic E-state index is 12.0. The van der Waals surface area contributed by atoms with E-state index in [1.807, 2.05) is 0 Å². The molecular weight excluding hydrogens is 254 g/mol. The van der Waals surface area contributed by atoms with Gasteiger partial charge in [-0.15, -0.1) is 0 Å². The van der Waals surface area contributed by atoms with E-state index < -0.39 is 5.97 Å². The number of hydrogen-bond acceptors (Lipinski definition) is 2. The number of benzene rings is 1. The van der Waals surface area contributed by atoms with Crippen LogP contribution in [0.25, 0.3) is 0 Å². The first kappa shape index (κ1) is 14.6. The Bertz CT molecular complexity index is 481. The Labute approximate surface area is 119 Å². The lowest BCUT2D eigenvalue weighted by molar-refractivity contribution is -0.121. The summed E-state index contributed by atoms with van der Waals surface area (Å²) in [5.74, 6) is -0.242. The Morgan fingerprint density at radius 2 is 1.95 bits per heavy atom. The van der Waals surface area contributed by atoms with Gasteiger partial charge in [-0.1, -0.05) is 31.9 Å². The zero-order chi connectivity index (χ0) is 14.5. The van der Waals surface area contributed by atoms with Crippen molar-refractivity contribution in [1.82, 2.24) is 5.32 Å². The van der Waals surface area contributed by atoms with E-state index in [1.165, 1.54) is 25.0 Å². The monoisotopic (exact) mass is 275 g/mol. The Morgan fingerprint density at radius 1 is 1.25 bits per heavy atom. The normalized spacial score (nSPS) is 22.2. The predicted octanol–water partition coefficient (Wildman–Crippen LogP) is 2.62. The van der Waals surface area contributed by atoms with E-state index in [9.17, 15) is 9.59 Å². The topological polar surface area (TPSA) is 66.4 Å². The molecule has 2 atom stereocenters. The van der Waals surface area contributed by atoms with Crippen LogP contribution in [0.4, 0.5) is 0 Å². The largest absolute Gasteiger partial charge is 0.478 e. The van der Waals surface area contributed by atoms with Gasteiger partial charge >= 0.3 is 5.97 Å². The fraction of sp³-hybridized carbons (Fsp3) is 0.500. The summed E-state index contributed by atoms with van der Waals surface area (Å²) in [6, 6.07) is 6.77. The van der Waals surface area contributed by atoms with Gasteiger partial charge in [0.1, 0.15) is 0 Å². The van der Waals surface area contributed by atoms with E-state index in [-0.39, 0.29) is 11.5 Å². The molecule has 0 aromatic heterocycles. The van der Waals surface area contributed by atoms with Crippen LogP contribution in [0.5, 0.6) is 0 Å². The quantitative estimate of drug-likeness (QED) is 0.887. The van der Waals surface area contributed by atoms with Crippen molar-refractivity contribution >= 4 is 11.9 Å². The minimum absolute atomic E-state index is 0.0205. The van der Waals surface area contributed by atoms with Crippen LogP contribution in [0, 0.1) is 5.92 Å². The summed E-state index contributed by atoms with van der Waals surface area (Å²) < 4.78 is 0. The highest BCUT2D eigenvalue weighted by Gasteiger charge is 2.20. The fourth-order valence-electron chi connectivity index (χ4n) is 2.79. The Hall–Kier alpha value is -1.84. The lowest BCUT2D eigenvalue weighted by Crippen LogP contribution is -2.38. The summed E-state index contributed by atoms with van der Waals surface area (Å²) in [6.45, 7) is 2.23. The van der Waals surface area contributed by atoms with Crippen LogP contribution in [-0.4, -0.2) is 23.0 Å². The molecule has 0 spiro atoms. The molecule has 4 nitrogen and oxygen atoms in total. The molecule has 0 aliphatic heterocycles. The van der Waals surface area contributed by atoms with Crippen LogP contribution >= 0.6 is 0 Å². The SMILES string of the molecule is CC1CCCC(NC(=O)Cc2ccc(C(=O)O)cc2)C1. The van der Waals surface area contributed by atoms with Crippen LogP contribution in [0.3, 0.4) is 0 Å². The highest BCUT2D eigenvalue weighted by Crippen LogP contribution is 2.23. The van der Waals surface area contributed by atoms with Gasteiger partial charge in [-0.3, -0.25) is 4.79 Å². The van der Waals surface area contributed by atoms with Crippen LogP contribution in [0.2, 0.25) is 0 Å². The molecule has 0 bridgehead atoms. The smallest absolute Gasteiger partial charge is 0.335 e. The number of aromatic carboxylic acids is 1. The van der Waals surface area contributed by atoms with Crippen molar-refractivity contribution in [2.24, 2.45) is 5.92 Å². The number of amides is 1. The van der Waals surface area contributed by atoms with E-state index in [0.29, 0.717) is 18.4 Å². The molecule has 1 aromatic rings. The second-order valence-electron chi connectivity index (χ2n) is 5.72. The van der Waals surface area contributed by atoms with Crippen LogP contribution in [0.1, 0.15) is 48.5 Å². The molecule has 1 aromatic carbocycles. The van der Waals surface area contributed by atoms with E-state index in [4.69, 9.17) is 5.11 Å². The van der Waals surface area contributed by atoms with Crippen molar-refractivity contribution in [3.8, 4) is 0 Å². The van der Waals surface area contributed by atoms with Gasteiger partial charge in [0.15, 0.2) is 0 Å². The molecule has 2 N–H and O–H groups in total. The third-order valence-electron chi connectivity index (χ3n) is 3.87. The van der Waals surface area contributed by atoms with Crippen LogP contribution in [0.15, 0.2) is 24.3 Å². The standard InChI is InChI=1S/C16H21NO3/c1-11-3-2-4-14(9-11)17-15(18)10-12-5-7-13(8-6-12)16(19)20/h5-8,11,14H,2-4,9-10H2,1H3,(H,17,18)(H,19,20). The van der Waals surface area contributed by atoms with Crippen molar-refractivity contribution in [3.05, 3.63) is 35.4 Å². The zero-order valence-electron chi connectivity index (χ0n) is 11.8. The van der Waals surface area contributed by atoms with E-state index in [2.05, 4.69) is 12.2 Å². The molecule has 1 saturated carbocycles. The van der Waals surface area contributed by atoms with Crippen molar-refractivity contribution < 1.29 is 14.7 Å². The van der Waals surface area contributed by atoms with Crippen LogP contribution in [-0.2, 0) is 11.2 Å². The number of rotatable bonds is 4. The molecule has 2 rings (SSSR count). The van der Waals surface area contributed by atoms with Gasteiger partial charge in [0.05, 0.1) is 12.0 Å². The summed E-state index contributed by atoms with van der Waals surface area (Å²) in [5.41, 5.74) is 1.09. The highest BCUT2D eigenvalue weighted by atomic mass is 16.4. The predicted molar refractivity (Wildman–Crippen MR) is 76.7 cm³/mol. The third-order valence-corrected chi connectivity index (χ3v) is 3.87. The minimum atomic E-state index is -0.947. The van der Waals surface area contributed by atoms with Gasteiger partial charge in [0.25, 0.3) is 0 Å². The van der Waals surface area contributed by atoms with E-state index >= 15 is 0 Å². The second-order valence-corrected chi connectivity index (χ2v) is 5.72. The molecular formula is C16H21NO3. The number of carboxylic acids is 1. The average Bonchev–Trinajstić information content (AvgIpc) is 2.39. The lowest BCUT2D eigenvalue weighted by atomic mass is 9.87. The first-order valence-corrected chi connectivity index (χ1v) is 7.16. The molecule has 2 unspecified atom stereocenters. The molecule has 4 heteroatoms. The summed E-state index contributed by atoms with van der Waals surface area (Å²) in [5, 5.41) is 11.9. The molecule has 1 aliphatic carbocycles. The van der Waals surface area contributed by atoms with E-state index in [0.717, 1.165) is 18.4 Å². The van der Waals surface area contributed by atoms with Crippen LogP contribution < -0.4 is 5.32 Å². The molecule has 0 saturated heterocycles. The molecule has 1 fully saturated rings. The molecule has 108 valence electrons. The maximum Gasteiger partial charge on any atom is 0.335 e. The number of carbonyl (C=O) groups excluding carboxylic acids is 1. The Balaban J connectivity index is 1.86. The maximum atomic E-state index is 12.0. The Morgan fingerprint density at radius 3 is 2.55 bits per heavy atom. The minimum Gasteiger partial charge on any atom is -0.478 e. The van der Waals surface area contributed by atoms with Gasteiger partial charge in [0, 0.05) is 6.04 Å². The molecule has 20 heavy (non-hydrogen) atoms. The second kappa shape index (κ2) is 6.55. The third kappa shape index (κ3) is 4.08. The first-order chi connectivity index (χ1) is 9.54. The average molecular weight is 275 g/mol. The first-order valence-electron chi connectivity index (χ1n) is 7.16. The number of hydrogen-bond donors (Lipinski definition) is 2. The van der Waals surface area contributed by atoms with Crippen molar-refractivity contribution in [2.75, 3.05) is 0 Å². The lowest BCUT2D eigenvalue weighted by Gasteiger charge is -2.27. The Kier molecular flexibility index (Phi) is 4.77. The van der Waals surface area contributed by atoms with Gasteiger partial charge in [0.2, 0.25) is 5.91 Å². The van der Waals surface area contributed by atoms with Crippen molar-refractivity contribution in [2.45, 2.75) is 45.1 Å². The molecule has 0 heterocycles. The number of carbonyl (C=O) groups is 2. The van der Waals surface area contributed by atoms with Gasteiger partial charge in [-0.05, 0) is 36.5 Å². The molecule has 1 aliphatic rings. The van der Waals surface area contributed by atoms with E-state index in [1.54, 1.807) is 12.1 Å². The zero-order valence-corrected chi connectivity index (χ0v) is 11.8. The van der Waals surface area contributed by atoms with Crippen molar-refractivity contribution in [3.63, 3.8) is 0 Å². The number of nitrogens with one attached hydrogen (secondary N) is 1. The summed E-state index contributed by atoms with van der Waals surface area (Å²) in [6.07, 6.45) is 4.87. The fourth-order valence-corrected chi connectivity index (χ4v) is 2.79. The summed E-state index contributed by atoms with van der Waals surface area (Å²) >= 11 is 0. The van der Waals surface area contributed by atoms with Crippen molar-refractivity contribution in [1.29, 1.82) is 0 Å². The van der Waals surface area contributed by atoms with Gasteiger partial charge < -0.3 is 10.4 Å². The van der Waals surface area contributed by atoms with Gasteiger partial charge in [-0.25, -0.2) is 4.79 Å². The highest BCUT2D eigenvalue weighted by molar-refractivity contribution is 5.87. The molecule has 1 amide bonds. The van der Waals surface area contributed by atoms with Gasteiger partial charge in [-0.2, -0.15) is 0 Å². The number of carboxylic acid groups (broad SMARTS) is 1. The summed E-state index contributed by atoms with van der Waals surface area (Å²) in [7, 11) is 0.